The van der Waals surface area contributed by atoms with Crippen LogP contribution >= 0.6 is 11.6 Å². The molecule has 6 heteroatoms. The van der Waals surface area contributed by atoms with Gasteiger partial charge >= 0.3 is 0 Å². The maximum Gasteiger partial charge on any atom is 0.274 e. The second kappa shape index (κ2) is 8.91. The highest BCUT2D eigenvalue weighted by molar-refractivity contribution is 6.31. The molecule has 2 aliphatic rings. The fourth-order valence-electron chi connectivity index (χ4n) is 4.68. The number of fused-ring (bicyclic) bond motifs is 1. The van der Waals surface area contributed by atoms with Crippen LogP contribution in [0.15, 0.2) is 83.5 Å². The van der Waals surface area contributed by atoms with Crippen molar-refractivity contribution in [1.82, 2.24) is 5.01 Å². The zero-order valence-corrected chi connectivity index (χ0v) is 18.5. The second-order valence-corrected chi connectivity index (χ2v) is 8.80. The number of nitrogens with zero attached hydrogens (tertiary/aromatic N) is 2. The molecule has 0 bridgehead atoms. The van der Waals surface area contributed by atoms with Gasteiger partial charge in [0.25, 0.3) is 5.91 Å². The molecular formula is C27H21ClF2N2O. The predicted molar refractivity (Wildman–Crippen MR) is 126 cm³/mol. The highest BCUT2D eigenvalue weighted by Gasteiger charge is 2.44. The van der Waals surface area contributed by atoms with Gasteiger partial charge in [-0.05, 0) is 84.5 Å². The molecule has 3 aromatic rings. The number of hydrogen-bond donors (Lipinski definition) is 0. The first kappa shape index (κ1) is 21.5. The molecule has 3 aromatic carbocycles. The standard InChI is InChI=1S/C27H21ClF2N2O/c28-21-5-1-4-20(16-21)27(33)32-26(18-9-13-23(30)14-10-18)24-6-2-3-19(25(24)31-32)15-17-7-11-22(29)12-8-17/h1,4-5,7-16,24,26H,2-3,6H2/b19-15+. The molecule has 0 radical (unpaired) electrons. The maximum absolute atomic E-state index is 13.6. The third-order valence-corrected chi connectivity index (χ3v) is 6.44. The van der Waals surface area contributed by atoms with E-state index in [4.69, 9.17) is 16.7 Å². The van der Waals surface area contributed by atoms with Crippen LogP contribution in [0.5, 0.6) is 0 Å². The number of amides is 1. The molecule has 2 atom stereocenters. The van der Waals surface area contributed by atoms with E-state index in [1.165, 1.54) is 29.3 Å². The van der Waals surface area contributed by atoms with E-state index in [0.717, 1.165) is 41.7 Å². The lowest BCUT2D eigenvalue weighted by Gasteiger charge is -2.29. The zero-order chi connectivity index (χ0) is 22.9. The summed E-state index contributed by atoms with van der Waals surface area (Å²) in [5, 5.41) is 6.80. The maximum atomic E-state index is 13.6. The summed E-state index contributed by atoms with van der Waals surface area (Å²) in [5.41, 5.74) is 4.05. The van der Waals surface area contributed by atoms with E-state index in [1.54, 1.807) is 48.5 Å². The average molecular weight is 463 g/mol. The topological polar surface area (TPSA) is 32.7 Å². The minimum Gasteiger partial charge on any atom is -0.267 e. The molecule has 3 nitrogen and oxygen atoms in total. The fourth-order valence-corrected chi connectivity index (χ4v) is 4.87. The number of rotatable bonds is 3. The summed E-state index contributed by atoms with van der Waals surface area (Å²) < 4.78 is 27.0. The Kier molecular flexibility index (Phi) is 5.81. The molecule has 0 saturated heterocycles. The van der Waals surface area contributed by atoms with E-state index in [9.17, 15) is 13.6 Å². The van der Waals surface area contributed by atoms with Crippen LogP contribution in [0, 0.1) is 17.6 Å². The molecule has 2 unspecified atom stereocenters. The van der Waals surface area contributed by atoms with Gasteiger partial charge in [-0.1, -0.05) is 41.9 Å². The summed E-state index contributed by atoms with van der Waals surface area (Å²) in [6, 6.07) is 19.0. The Bertz CT molecular complexity index is 1250. The Morgan fingerprint density at radius 1 is 1.00 bits per heavy atom. The molecule has 1 fully saturated rings. The minimum atomic E-state index is -0.344. The van der Waals surface area contributed by atoms with Crippen LogP contribution in [-0.4, -0.2) is 16.6 Å². The molecule has 1 heterocycles. The number of benzene rings is 3. The molecule has 5 rings (SSSR count). The van der Waals surface area contributed by atoms with Gasteiger partial charge in [-0.15, -0.1) is 0 Å². The molecular weight excluding hydrogens is 442 g/mol. The quantitative estimate of drug-likeness (QED) is 0.410. The number of hydrogen-bond acceptors (Lipinski definition) is 2. The van der Waals surface area contributed by atoms with Gasteiger partial charge in [-0.25, -0.2) is 13.8 Å². The Hall–Kier alpha value is -3.31. The van der Waals surface area contributed by atoms with Crippen molar-refractivity contribution in [3.8, 4) is 0 Å². The molecule has 1 aliphatic heterocycles. The first-order chi connectivity index (χ1) is 16.0. The molecule has 0 spiro atoms. The number of carbonyl (C=O) groups is 1. The molecule has 0 N–H and O–H groups in total. The van der Waals surface area contributed by atoms with Crippen molar-refractivity contribution in [3.63, 3.8) is 0 Å². The summed E-state index contributed by atoms with van der Waals surface area (Å²) >= 11 is 6.13. The van der Waals surface area contributed by atoms with Crippen LogP contribution in [0.3, 0.4) is 0 Å². The number of halogens is 3. The third-order valence-electron chi connectivity index (χ3n) is 6.20. The normalized spacial score (nSPS) is 21.1. The highest BCUT2D eigenvalue weighted by Crippen LogP contribution is 2.45. The lowest BCUT2D eigenvalue weighted by Crippen LogP contribution is -2.31. The van der Waals surface area contributed by atoms with Gasteiger partial charge in [-0.2, -0.15) is 5.10 Å². The lowest BCUT2D eigenvalue weighted by atomic mass is 9.77. The monoisotopic (exact) mass is 462 g/mol. The lowest BCUT2D eigenvalue weighted by molar-refractivity contribution is 0.0681. The zero-order valence-electron chi connectivity index (χ0n) is 17.7. The summed E-state index contributed by atoms with van der Waals surface area (Å²) in [4.78, 5) is 13.5. The van der Waals surface area contributed by atoms with E-state index in [0.29, 0.717) is 10.6 Å². The first-order valence-electron chi connectivity index (χ1n) is 10.9. The summed E-state index contributed by atoms with van der Waals surface area (Å²) in [5.74, 6) is -0.883. The average Bonchev–Trinajstić information content (AvgIpc) is 3.21. The first-order valence-corrected chi connectivity index (χ1v) is 11.3. The Balaban J connectivity index is 1.58. The fraction of sp³-hybridized carbons (Fsp3) is 0.185. The van der Waals surface area contributed by atoms with Crippen LogP contribution < -0.4 is 0 Å². The van der Waals surface area contributed by atoms with Crippen LogP contribution in [-0.2, 0) is 0 Å². The molecule has 1 aliphatic carbocycles. The number of allylic oxidation sites excluding steroid dienone is 1. The van der Waals surface area contributed by atoms with Gasteiger partial charge in [0.1, 0.15) is 11.6 Å². The van der Waals surface area contributed by atoms with Gasteiger partial charge in [0.2, 0.25) is 0 Å². The number of carbonyl (C=O) groups excluding carboxylic acids is 1. The van der Waals surface area contributed by atoms with E-state index in [2.05, 4.69) is 0 Å². The van der Waals surface area contributed by atoms with Crippen molar-refractivity contribution in [2.45, 2.75) is 25.3 Å². The highest BCUT2D eigenvalue weighted by atomic mass is 35.5. The second-order valence-electron chi connectivity index (χ2n) is 8.36. The van der Waals surface area contributed by atoms with Crippen LogP contribution in [0.4, 0.5) is 8.78 Å². The third kappa shape index (κ3) is 4.33. The van der Waals surface area contributed by atoms with Crippen molar-refractivity contribution < 1.29 is 13.6 Å². The van der Waals surface area contributed by atoms with Crippen LogP contribution in [0.25, 0.3) is 6.08 Å². The SMILES string of the molecule is O=C(c1cccc(Cl)c1)N1N=C2/C(=C/c3ccc(F)cc3)CCCC2C1c1ccc(F)cc1. The summed E-state index contributed by atoms with van der Waals surface area (Å²) in [6.45, 7) is 0. The molecule has 1 amide bonds. The van der Waals surface area contributed by atoms with Gasteiger partial charge in [0.05, 0.1) is 11.8 Å². The van der Waals surface area contributed by atoms with Crippen LogP contribution in [0.2, 0.25) is 5.02 Å². The molecule has 166 valence electrons. The van der Waals surface area contributed by atoms with Crippen molar-refractivity contribution >= 4 is 29.3 Å². The van der Waals surface area contributed by atoms with Gasteiger partial charge < -0.3 is 0 Å². The van der Waals surface area contributed by atoms with Gasteiger partial charge in [0, 0.05) is 16.5 Å². The van der Waals surface area contributed by atoms with Gasteiger partial charge in [-0.3, -0.25) is 4.79 Å². The smallest absolute Gasteiger partial charge is 0.267 e. The number of hydrazone groups is 1. The Labute approximate surface area is 196 Å². The predicted octanol–water partition coefficient (Wildman–Crippen LogP) is 7.06. The largest absolute Gasteiger partial charge is 0.274 e. The van der Waals surface area contributed by atoms with E-state index < -0.39 is 0 Å². The summed E-state index contributed by atoms with van der Waals surface area (Å²) in [6.07, 6.45) is 4.64. The molecule has 33 heavy (non-hydrogen) atoms. The van der Waals surface area contributed by atoms with Crippen molar-refractivity contribution in [2.24, 2.45) is 11.0 Å². The molecule has 0 aromatic heterocycles. The molecule has 1 saturated carbocycles. The van der Waals surface area contributed by atoms with Crippen molar-refractivity contribution in [3.05, 3.63) is 112 Å². The minimum absolute atomic E-state index is 0.0148. The van der Waals surface area contributed by atoms with E-state index in [1.807, 2.05) is 6.08 Å². The van der Waals surface area contributed by atoms with Crippen molar-refractivity contribution in [1.29, 1.82) is 0 Å². The van der Waals surface area contributed by atoms with Crippen LogP contribution in [0.1, 0.15) is 46.8 Å². The van der Waals surface area contributed by atoms with Gasteiger partial charge in [0.15, 0.2) is 0 Å². The summed E-state index contributed by atoms with van der Waals surface area (Å²) in [7, 11) is 0. The van der Waals surface area contributed by atoms with E-state index in [-0.39, 0.29) is 29.5 Å². The van der Waals surface area contributed by atoms with Crippen molar-refractivity contribution in [2.75, 3.05) is 0 Å². The Morgan fingerprint density at radius 2 is 1.70 bits per heavy atom. The van der Waals surface area contributed by atoms with E-state index >= 15 is 0 Å². The Morgan fingerprint density at radius 3 is 2.39 bits per heavy atom.